The molecule has 2 aromatic heterocycles. The second-order valence-corrected chi connectivity index (χ2v) is 7.79. The number of hydrogen-bond donors (Lipinski definition) is 3. The number of nitrogen functional groups attached to an aromatic ring is 1. The van der Waals surface area contributed by atoms with E-state index in [4.69, 9.17) is 5.73 Å². The molecule has 0 amide bonds. The van der Waals surface area contributed by atoms with Crippen LogP contribution >= 0.6 is 0 Å². The Hall–Kier alpha value is -3.32. The first-order chi connectivity index (χ1) is 14.7. The normalized spacial score (nSPS) is 16.6. The Balaban J connectivity index is 1.41. The van der Waals surface area contributed by atoms with Crippen LogP contribution in [0.3, 0.4) is 0 Å². The van der Waals surface area contributed by atoms with Crippen LogP contribution in [-0.2, 0) is 6.42 Å². The quantitative estimate of drug-likeness (QED) is 0.455. The molecule has 4 N–H and O–H groups in total. The van der Waals surface area contributed by atoms with Crippen molar-refractivity contribution in [1.82, 2.24) is 25.7 Å². The van der Waals surface area contributed by atoms with E-state index in [9.17, 15) is 4.39 Å². The second kappa shape index (κ2) is 7.84. The number of nitrogens with zero attached hydrogens (tertiary/aromatic N) is 3. The molecule has 2 heterocycles. The summed E-state index contributed by atoms with van der Waals surface area (Å²) in [5.41, 5.74) is 11.9. The number of H-pyrrole nitrogens is 1. The van der Waals surface area contributed by atoms with Crippen molar-refractivity contribution in [1.29, 1.82) is 0 Å². The molecule has 0 aliphatic heterocycles. The minimum absolute atomic E-state index is 0.0879. The highest BCUT2D eigenvalue weighted by Gasteiger charge is 2.24. The zero-order valence-electron chi connectivity index (χ0n) is 16.5. The first kappa shape index (κ1) is 18.7. The van der Waals surface area contributed by atoms with Gasteiger partial charge in [-0.1, -0.05) is 41.6 Å². The van der Waals surface area contributed by atoms with Gasteiger partial charge in [0.2, 0.25) is 0 Å². The summed E-state index contributed by atoms with van der Waals surface area (Å²) in [5.74, 6) is 0.355. The number of aromatic nitrogens is 4. The number of aromatic amines is 1. The number of fused-ring (bicyclic) bond motifs is 2. The van der Waals surface area contributed by atoms with Crippen LogP contribution in [0.5, 0.6) is 0 Å². The van der Waals surface area contributed by atoms with Crippen molar-refractivity contribution in [2.24, 2.45) is 0 Å². The predicted octanol–water partition coefficient (Wildman–Crippen LogP) is 3.87. The Morgan fingerprint density at radius 1 is 1.17 bits per heavy atom. The van der Waals surface area contributed by atoms with Crippen LogP contribution in [0.2, 0.25) is 0 Å². The average molecular weight is 402 g/mol. The third kappa shape index (κ3) is 3.52. The molecule has 2 aromatic carbocycles. The number of benzene rings is 2. The van der Waals surface area contributed by atoms with Gasteiger partial charge in [-0.05, 0) is 66.3 Å². The molecule has 0 fully saturated rings. The van der Waals surface area contributed by atoms with Gasteiger partial charge < -0.3 is 11.1 Å². The zero-order valence-corrected chi connectivity index (χ0v) is 16.5. The van der Waals surface area contributed by atoms with Gasteiger partial charge in [0.05, 0.1) is 0 Å². The van der Waals surface area contributed by atoms with E-state index in [1.807, 2.05) is 30.3 Å². The lowest BCUT2D eigenvalue weighted by Crippen LogP contribution is -2.22. The highest BCUT2D eigenvalue weighted by Crippen LogP contribution is 2.34. The van der Waals surface area contributed by atoms with Crippen molar-refractivity contribution >= 4 is 17.0 Å². The summed E-state index contributed by atoms with van der Waals surface area (Å²) in [5, 5.41) is 14.6. The zero-order chi connectivity index (χ0) is 20.5. The minimum atomic E-state index is -0.176. The predicted molar refractivity (Wildman–Crippen MR) is 114 cm³/mol. The number of hydrogen-bond acceptors (Lipinski definition) is 5. The van der Waals surface area contributed by atoms with Gasteiger partial charge in [-0.2, -0.15) is 0 Å². The molecule has 1 aliphatic carbocycles. The van der Waals surface area contributed by atoms with Gasteiger partial charge in [0.25, 0.3) is 0 Å². The van der Waals surface area contributed by atoms with Gasteiger partial charge in [-0.25, -0.2) is 14.5 Å². The van der Waals surface area contributed by atoms with Gasteiger partial charge in [-0.3, -0.25) is 0 Å². The van der Waals surface area contributed by atoms with Crippen molar-refractivity contribution in [3.8, 4) is 0 Å². The van der Waals surface area contributed by atoms with Gasteiger partial charge in [-0.15, -0.1) is 5.10 Å². The Morgan fingerprint density at radius 2 is 2.03 bits per heavy atom. The molecular formula is C23H23FN6. The van der Waals surface area contributed by atoms with Gasteiger partial charge >= 0.3 is 0 Å². The Kier molecular flexibility index (Phi) is 4.88. The Labute approximate surface area is 173 Å². The first-order valence-corrected chi connectivity index (χ1v) is 10.2. The molecule has 152 valence electrons. The Bertz CT molecular complexity index is 1170. The summed E-state index contributed by atoms with van der Waals surface area (Å²) in [6.07, 6.45) is 2.82. The fraction of sp³-hybridized carbons (Fsp3) is 0.261. The summed E-state index contributed by atoms with van der Waals surface area (Å²) in [6.45, 7) is 0.780. The summed E-state index contributed by atoms with van der Waals surface area (Å²) >= 11 is 0. The van der Waals surface area contributed by atoms with E-state index >= 15 is 0 Å². The number of aryl methyl sites for hydroxylation is 1. The fourth-order valence-corrected chi connectivity index (χ4v) is 4.52. The van der Waals surface area contributed by atoms with Crippen LogP contribution in [-0.4, -0.2) is 26.9 Å². The summed E-state index contributed by atoms with van der Waals surface area (Å²) < 4.78 is 13.7. The number of nitrogens with two attached hydrogens (primary N) is 1. The molecular weight excluding hydrogens is 379 g/mol. The van der Waals surface area contributed by atoms with Gasteiger partial charge in [0, 0.05) is 12.0 Å². The standard InChI is InChI=1S/C23H23FN6/c24-16-8-6-15-7-9-20(18(15)12-16)26-11-10-17(14-4-2-1-3-5-14)19-13-21(25)27-23-22(19)28-30-29-23/h1-6,8,12-13,17,20,26H,7,9-11H2,(H3,25,27,28,29,30)/t17?,20-/m0/s1. The number of nitrogens with one attached hydrogen (secondary N) is 2. The molecule has 2 atom stereocenters. The van der Waals surface area contributed by atoms with E-state index in [1.54, 1.807) is 12.1 Å². The van der Waals surface area contributed by atoms with Crippen LogP contribution in [0.4, 0.5) is 10.2 Å². The van der Waals surface area contributed by atoms with Crippen LogP contribution in [0.25, 0.3) is 11.2 Å². The molecule has 7 heteroatoms. The summed E-state index contributed by atoms with van der Waals surface area (Å²) in [4.78, 5) is 4.30. The topological polar surface area (TPSA) is 92.5 Å². The lowest BCUT2D eigenvalue weighted by Gasteiger charge is -2.21. The number of halogens is 1. The molecule has 1 aliphatic rings. The smallest absolute Gasteiger partial charge is 0.178 e. The van der Waals surface area contributed by atoms with E-state index in [0.717, 1.165) is 42.5 Å². The van der Waals surface area contributed by atoms with Crippen molar-refractivity contribution in [2.75, 3.05) is 12.3 Å². The van der Waals surface area contributed by atoms with Crippen LogP contribution < -0.4 is 11.1 Å². The second-order valence-electron chi connectivity index (χ2n) is 7.79. The molecule has 0 saturated carbocycles. The van der Waals surface area contributed by atoms with Crippen LogP contribution in [0.15, 0.2) is 54.6 Å². The maximum atomic E-state index is 13.7. The van der Waals surface area contributed by atoms with Crippen molar-refractivity contribution in [3.63, 3.8) is 0 Å². The average Bonchev–Trinajstić information content (AvgIpc) is 3.38. The largest absolute Gasteiger partial charge is 0.384 e. The van der Waals surface area contributed by atoms with E-state index < -0.39 is 0 Å². The van der Waals surface area contributed by atoms with E-state index in [2.05, 4.69) is 37.8 Å². The fourth-order valence-electron chi connectivity index (χ4n) is 4.52. The van der Waals surface area contributed by atoms with Crippen molar-refractivity contribution in [2.45, 2.75) is 31.2 Å². The molecule has 0 spiro atoms. The lowest BCUT2D eigenvalue weighted by molar-refractivity contribution is 0.506. The maximum absolute atomic E-state index is 13.7. The summed E-state index contributed by atoms with van der Waals surface area (Å²) in [6, 6.07) is 17.5. The minimum Gasteiger partial charge on any atom is -0.384 e. The van der Waals surface area contributed by atoms with Crippen LogP contribution in [0.1, 0.15) is 47.1 Å². The van der Waals surface area contributed by atoms with Gasteiger partial charge in [0.15, 0.2) is 5.65 Å². The third-order valence-electron chi connectivity index (χ3n) is 5.93. The molecule has 0 bridgehead atoms. The number of rotatable bonds is 6. The molecule has 1 unspecified atom stereocenters. The highest BCUT2D eigenvalue weighted by molar-refractivity contribution is 5.77. The third-order valence-corrected chi connectivity index (χ3v) is 5.93. The summed E-state index contributed by atoms with van der Waals surface area (Å²) in [7, 11) is 0. The Morgan fingerprint density at radius 3 is 2.90 bits per heavy atom. The monoisotopic (exact) mass is 402 g/mol. The maximum Gasteiger partial charge on any atom is 0.178 e. The molecule has 30 heavy (non-hydrogen) atoms. The van der Waals surface area contributed by atoms with Crippen molar-refractivity contribution < 1.29 is 4.39 Å². The SMILES string of the molecule is Nc1cc(C(CCN[C@H]2CCc3ccc(F)cc32)c2ccccc2)c2nn[nH]c2n1. The molecule has 0 saturated heterocycles. The number of pyridine rings is 1. The molecule has 4 aromatic rings. The number of anilines is 1. The first-order valence-electron chi connectivity index (χ1n) is 10.2. The van der Waals surface area contributed by atoms with Crippen LogP contribution in [0, 0.1) is 5.82 Å². The molecule has 0 radical (unpaired) electrons. The lowest BCUT2D eigenvalue weighted by atomic mass is 9.88. The van der Waals surface area contributed by atoms with E-state index in [-0.39, 0.29) is 17.8 Å². The molecule has 5 rings (SSSR count). The van der Waals surface area contributed by atoms with E-state index in [0.29, 0.717) is 11.5 Å². The highest BCUT2D eigenvalue weighted by atomic mass is 19.1. The van der Waals surface area contributed by atoms with E-state index in [1.165, 1.54) is 11.1 Å². The van der Waals surface area contributed by atoms with Gasteiger partial charge in [0.1, 0.15) is 17.2 Å². The van der Waals surface area contributed by atoms with Crippen molar-refractivity contribution in [3.05, 3.63) is 82.7 Å². The molecule has 6 nitrogen and oxygen atoms in total.